The Morgan fingerprint density at radius 1 is 1.11 bits per heavy atom. The number of H-pyrrole nitrogens is 1. The molecule has 1 fully saturated rings. The molecule has 0 radical (unpaired) electrons. The summed E-state index contributed by atoms with van der Waals surface area (Å²) in [6.07, 6.45) is 0. The van der Waals surface area contributed by atoms with Gasteiger partial charge in [0, 0.05) is 44.0 Å². The maximum absolute atomic E-state index is 12.5. The standard InChI is InChI=1S/C19H19N5O3S/c25-18(13-28-19-20-16-3-1-2-4-17(16)21-19)23-11-9-22(10-12-23)14-5-7-15(8-6-14)24(26)27/h1-8H,9-13H2,(H,20,21). The average molecular weight is 397 g/mol. The molecule has 0 unspecified atom stereocenters. The first-order valence-corrected chi connectivity index (χ1v) is 9.93. The van der Waals surface area contributed by atoms with Crippen molar-refractivity contribution in [1.29, 1.82) is 0 Å². The smallest absolute Gasteiger partial charge is 0.269 e. The normalized spacial score (nSPS) is 14.4. The van der Waals surface area contributed by atoms with Crippen LogP contribution in [0.1, 0.15) is 0 Å². The van der Waals surface area contributed by atoms with Gasteiger partial charge in [-0.1, -0.05) is 23.9 Å². The molecule has 1 amide bonds. The third-order valence-electron chi connectivity index (χ3n) is 4.76. The molecule has 0 aliphatic carbocycles. The molecule has 0 spiro atoms. The fourth-order valence-corrected chi connectivity index (χ4v) is 4.01. The van der Waals surface area contributed by atoms with Crippen LogP contribution >= 0.6 is 11.8 Å². The lowest BCUT2D eigenvalue weighted by molar-refractivity contribution is -0.384. The first kappa shape index (κ1) is 18.3. The number of carbonyl (C=O) groups excluding carboxylic acids is 1. The van der Waals surface area contributed by atoms with Crippen LogP contribution in [0, 0.1) is 10.1 Å². The van der Waals surface area contributed by atoms with Crippen molar-refractivity contribution < 1.29 is 9.72 Å². The van der Waals surface area contributed by atoms with E-state index in [2.05, 4.69) is 14.9 Å². The molecule has 4 rings (SSSR count). The molecule has 0 atom stereocenters. The Bertz CT molecular complexity index is 963. The summed E-state index contributed by atoms with van der Waals surface area (Å²) >= 11 is 1.41. The number of hydrogen-bond acceptors (Lipinski definition) is 6. The van der Waals surface area contributed by atoms with Gasteiger partial charge in [0.05, 0.1) is 21.7 Å². The Morgan fingerprint density at radius 3 is 2.50 bits per heavy atom. The summed E-state index contributed by atoms with van der Waals surface area (Å²) in [6.45, 7) is 2.69. The van der Waals surface area contributed by atoms with Gasteiger partial charge in [0.2, 0.25) is 5.91 Å². The molecule has 9 heteroatoms. The van der Waals surface area contributed by atoms with Crippen LogP contribution in [0.3, 0.4) is 0 Å². The number of amides is 1. The van der Waals surface area contributed by atoms with Crippen molar-refractivity contribution >= 4 is 40.1 Å². The van der Waals surface area contributed by atoms with Crippen LogP contribution in [0.2, 0.25) is 0 Å². The van der Waals surface area contributed by atoms with Gasteiger partial charge in [-0.05, 0) is 24.3 Å². The number of thioether (sulfide) groups is 1. The number of hydrogen-bond donors (Lipinski definition) is 1. The van der Waals surface area contributed by atoms with Gasteiger partial charge >= 0.3 is 0 Å². The van der Waals surface area contributed by atoms with Crippen molar-refractivity contribution in [1.82, 2.24) is 14.9 Å². The fraction of sp³-hybridized carbons (Fsp3) is 0.263. The predicted molar refractivity (Wildman–Crippen MR) is 109 cm³/mol. The number of anilines is 1. The summed E-state index contributed by atoms with van der Waals surface area (Å²) in [5.74, 6) is 0.436. The first-order chi connectivity index (χ1) is 13.6. The van der Waals surface area contributed by atoms with Gasteiger partial charge in [-0.2, -0.15) is 0 Å². The molecular formula is C19H19N5O3S. The van der Waals surface area contributed by atoms with E-state index in [1.165, 1.54) is 23.9 Å². The maximum Gasteiger partial charge on any atom is 0.269 e. The van der Waals surface area contributed by atoms with Crippen molar-refractivity contribution in [3.8, 4) is 0 Å². The molecule has 1 aliphatic rings. The highest BCUT2D eigenvalue weighted by molar-refractivity contribution is 7.99. The van der Waals surface area contributed by atoms with Crippen molar-refractivity contribution in [2.45, 2.75) is 5.16 Å². The molecule has 0 saturated carbocycles. The van der Waals surface area contributed by atoms with Gasteiger partial charge in [0.1, 0.15) is 0 Å². The second-order valence-corrected chi connectivity index (χ2v) is 7.45. The Balaban J connectivity index is 1.29. The highest BCUT2D eigenvalue weighted by Gasteiger charge is 2.22. The van der Waals surface area contributed by atoms with Crippen LogP contribution in [-0.4, -0.2) is 57.6 Å². The van der Waals surface area contributed by atoms with E-state index in [4.69, 9.17) is 0 Å². The van der Waals surface area contributed by atoms with Gasteiger partial charge in [0.25, 0.3) is 5.69 Å². The summed E-state index contributed by atoms with van der Waals surface area (Å²) in [7, 11) is 0. The molecule has 2 aromatic carbocycles. The van der Waals surface area contributed by atoms with Crippen LogP contribution in [0.4, 0.5) is 11.4 Å². The van der Waals surface area contributed by atoms with Crippen molar-refractivity contribution in [2.24, 2.45) is 0 Å². The summed E-state index contributed by atoms with van der Waals surface area (Å²) < 4.78 is 0. The lowest BCUT2D eigenvalue weighted by atomic mass is 10.2. The van der Waals surface area contributed by atoms with Gasteiger partial charge in [-0.15, -0.1) is 0 Å². The molecule has 2 heterocycles. The van der Waals surface area contributed by atoms with Crippen LogP contribution in [0.25, 0.3) is 11.0 Å². The number of rotatable bonds is 5. The SMILES string of the molecule is O=C(CSc1nc2ccccc2[nH]1)N1CCN(c2ccc([N+](=O)[O-])cc2)CC1. The molecule has 144 valence electrons. The Hall–Kier alpha value is -3.07. The number of non-ortho nitro benzene ring substituents is 1. The third-order valence-corrected chi connectivity index (χ3v) is 5.62. The zero-order valence-electron chi connectivity index (χ0n) is 15.1. The zero-order valence-corrected chi connectivity index (χ0v) is 15.9. The molecule has 1 aliphatic heterocycles. The minimum absolute atomic E-state index is 0.0835. The maximum atomic E-state index is 12.5. The van der Waals surface area contributed by atoms with Gasteiger partial charge in [0.15, 0.2) is 5.16 Å². The van der Waals surface area contributed by atoms with Crippen molar-refractivity contribution in [3.63, 3.8) is 0 Å². The number of nitrogens with zero attached hydrogens (tertiary/aromatic N) is 4. The van der Waals surface area contributed by atoms with Crippen molar-refractivity contribution in [3.05, 3.63) is 58.6 Å². The number of imidazole rings is 1. The topological polar surface area (TPSA) is 95.4 Å². The molecule has 28 heavy (non-hydrogen) atoms. The molecule has 1 saturated heterocycles. The Morgan fingerprint density at radius 2 is 1.82 bits per heavy atom. The van der Waals surface area contributed by atoms with E-state index in [9.17, 15) is 14.9 Å². The summed E-state index contributed by atoms with van der Waals surface area (Å²) in [5, 5.41) is 11.5. The van der Waals surface area contributed by atoms with E-state index >= 15 is 0 Å². The quantitative estimate of drug-likeness (QED) is 0.404. The number of para-hydroxylation sites is 2. The van der Waals surface area contributed by atoms with E-state index in [0.717, 1.165) is 21.9 Å². The molecule has 1 N–H and O–H groups in total. The lowest BCUT2D eigenvalue weighted by Crippen LogP contribution is -2.49. The molecular weight excluding hydrogens is 378 g/mol. The Labute approximate surface area is 165 Å². The molecule has 3 aromatic rings. The van der Waals surface area contributed by atoms with E-state index in [1.54, 1.807) is 12.1 Å². The fourth-order valence-electron chi connectivity index (χ4n) is 3.22. The number of benzene rings is 2. The van der Waals surface area contributed by atoms with Gasteiger partial charge in [-0.3, -0.25) is 14.9 Å². The van der Waals surface area contributed by atoms with E-state index in [0.29, 0.717) is 31.9 Å². The van der Waals surface area contributed by atoms with Crippen LogP contribution in [0.5, 0.6) is 0 Å². The molecule has 1 aromatic heterocycles. The lowest BCUT2D eigenvalue weighted by Gasteiger charge is -2.36. The number of nitrogens with one attached hydrogen (secondary N) is 1. The minimum atomic E-state index is -0.403. The number of nitro benzene ring substituents is 1. The Kier molecular flexibility index (Phi) is 5.16. The molecule has 8 nitrogen and oxygen atoms in total. The van der Waals surface area contributed by atoms with E-state index in [1.807, 2.05) is 29.2 Å². The highest BCUT2D eigenvalue weighted by Crippen LogP contribution is 2.22. The van der Waals surface area contributed by atoms with Crippen LogP contribution in [-0.2, 0) is 4.79 Å². The number of fused-ring (bicyclic) bond motifs is 1. The van der Waals surface area contributed by atoms with Crippen LogP contribution in [0.15, 0.2) is 53.7 Å². The average Bonchev–Trinajstić information content (AvgIpc) is 3.15. The number of nitro groups is 1. The predicted octanol–water partition coefficient (Wildman–Crippen LogP) is 2.91. The zero-order chi connectivity index (χ0) is 19.5. The minimum Gasteiger partial charge on any atom is -0.368 e. The highest BCUT2D eigenvalue weighted by atomic mass is 32.2. The second-order valence-electron chi connectivity index (χ2n) is 6.49. The summed E-state index contributed by atoms with van der Waals surface area (Å²) in [4.78, 5) is 34.6. The van der Waals surface area contributed by atoms with E-state index < -0.39 is 4.92 Å². The monoisotopic (exact) mass is 397 g/mol. The number of carbonyl (C=O) groups is 1. The third kappa shape index (κ3) is 3.94. The first-order valence-electron chi connectivity index (χ1n) is 8.95. The second kappa shape index (κ2) is 7.89. The number of piperazine rings is 1. The molecule has 0 bridgehead atoms. The summed E-state index contributed by atoms with van der Waals surface area (Å²) in [6, 6.07) is 14.3. The van der Waals surface area contributed by atoms with Gasteiger partial charge in [-0.25, -0.2) is 4.98 Å². The van der Waals surface area contributed by atoms with Crippen molar-refractivity contribution in [2.75, 3.05) is 36.8 Å². The summed E-state index contributed by atoms with van der Waals surface area (Å²) in [5.41, 5.74) is 2.89. The van der Waals surface area contributed by atoms with Gasteiger partial charge < -0.3 is 14.8 Å². The van der Waals surface area contributed by atoms with Crippen LogP contribution < -0.4 is 4.90 Å². The number of aromatic nitrogens is 2. The van der Waals surface area contributed by atoms with E-state index in [-0.39, 0.29) is 11.6 Å². The number of aromatic amines is 1. The largest absolute Gasteiger partial charge is 0.368 e.